The molecule has 1 aliphatic rings. The van der Waals surface area contributed by atoms with E-state index in [1.54, 1.807) is 0 Å². The van der Waals surface area contributed by atoms with Crippen molar-refractivity contribution in [3.63, 3.8) is 0 Å². The molecule has 2 N–H and O–H groups in total. The van der Waals surface area contributed by atoms with Crippen molar-refractivity contribution >= 4 is 5.91 Å². The molecule has 1 aliphatic heterocycles. The average Bonchev–Trinajstić information content (AvgIpc) is 2.97. The van der Waals surface area contributed by atoms with Gasteiger partial charge < -0.3 is 15.2 Å². The summed E-state index contributed by atoms with van der Waals surface area (Å²) in [7, 11) is 0. The maximum absolute atomic E-state index is 12.4. The van der Waals surface area contributed by atoms with Crippen molar-refractivity contribution in [2.75, 3.05) is 6.54 Å². The molecule has 0 spiro atoms. The first-order valence-electron chi connectivity index (χ1n) is 7.60. The standard InChI is InChI=1S/C16H21N5O/c1-11(12(2)17)16(22)20-8-9-21-14(10-20)18-19-15(21)13-6-4-3-5-7-13/h3-7,11-12H,8-10,17H2,1-2H3. The highest BCUT2D eigenvalue weighted by atomic mass is 16.2. The molecule has 22 heavy (non-hydrogen) atoms. The molecule has 2 aromatic rings. The summed E-state index contributed by atoms with van der Waals surface area (Å²) in [4.78, 5) is 14.2. The molecule has 6 nitrogen and oxygen atoms in total. The summed E-state index contributed by atoms with van der Waals surface area (Å²) in [6.45, 7) is 5.62. The first-order valence-corrected chi connectivity index (χ1v) is 7.60. The van der Waals surface area contributed by atoms with Crippen molar-refractivity contribution in [1.29, 1.82) is 0 Å². The van der Waals surface area contributed by atoms with Crippen LogP contribution in [0.3, 0.4) is 0 Å². The second kappa shape index (κ2) is 5.88. The first kappa shape index (κ1) is 14.7. The zero-order chi connectivity index (χ0) is 15.7. The number of amides is 1. The molecule has 0 saturated carbocycles. The summed E-state index contributed by atoms with van der Waals surface area (Å²) >= 11 is 0. The van der Waals surface area contributed by atoms with Gasteiger partial charge >= 0.3 is 0 Å². The van der Waals surface area contributed by atoms with Gasteiger partial charge in [0.2, 0.25) is 5.91 Å². The summed E-state index contributed by atoms with van der Waals surface area (Å²) in [6.07, 6.45) is 0. The summed E-state index contributed by atoms with van der Waals surface area (Å²) in [5.74, 6) is 1.60. The number of nitrogens with zero attached hydrogens (tertiary/aromatic N) is 4. The van der Waals surface area contributed by atoms with Gasteiger partial charge in [0.15, 0.2) is 11.6 Å². The predicted molar refractivity (Wildman–Crippen MR) is 83.7 cm³/mol. The van der Waals surface area contributed by atoms with E-state index in [1.165, 1.54) is 0 Å². The zero-order valence-electron chi connectivity index (χ0n) is 12.9. The van der Waals surface area contributed by atoms with Crippen LogP contribution in [0.5, 0.6) is 0 Å². The third-order valence-electron chi connectivity index (χ3n) is 4.28. The van der Waals surface area contributed by atoms with E-state index >= 15 is 0 Å². The largest absolute Gasteiger partial charge is 0.333 e. The lowest BCUT2D eigenvalue weighted by Crippen LogP contribution is -2.45. The Labute approximate surface area is 129 Å². The quantitative estimate of drug-likeness (QED) is 0.926. The Morgan fingerprint density at radius 3 is 2.59 bits per heavy atom. The van der Waals surface area contributed by atoms with Crippen molar-refractivity contribution in [1.82, 2.24) is 19.7 Å². The molecule has 0 radical (unpaired) electrons. The molecular formula is C16H21N5O. The number of fused-ring (bicyclic) bond motifs is 1. The third-order valence-corrected chi connectivity index (χ3v) is 4.28. The Hall–Kier alpha value is -2.21. The van der Waals surface area contributed by atoms with Crippen LogP contribution >= 0.6 is 0 Å². The Balaban J connectivity index is 1.81. The number of benzene rings is 1. The van der Waals surface area contributed by atoms with Gasteiger partial charge in [-0.25, -0.2) is 0 Å². The van der Waals surface area contributed by atoms with Crippen LogP contribution in [0.2, 0.25) is 0 Å². The van der Waals surface area contributed by atoms with Gasteiger partial charge in [0.05, 0.1) is 12.5 Å². The van der Waals surface area contributed by atoms with Crippen LogP contribution < -0.4 is 5.73 Å². The van der Waals surface area contributed by atoms with Gasteiger partial charge in [-0.1, -0.05) is 37.3 Å². The van der Waals surface area contributed by atoms with E-state index in [2.05, 4.69) is 14.8 Å². The second-order valence-electron chi connectivity index (χ2n) is 5.87. The van der Waals surface area contributed by atoms with Gasteiger partial charge in [-0.15, -0.1) is 10.2 Å². The molecule has 1 amide bonds. The van der Waals surface area contributed by atoms with Crippen molar-refractivity contribution in [3.8, 4) is 11.4 Å². The lowest BCUT2D eigenvalue weighted by Gasteiger charge is -2.31. The zero-order valence-corrected chi connectivity index (χ0v) is 12.9. The van der Waals surface area contributed by atoms with E-state index in [-0.39, 0.29) is 17.9 Å². The molecular weight excluding hydrogens is 278 g/mol. The van der Waals surface area contributed by atoms with E-state index in [0.717, 1.165) is 17.2 Å². The Bertz CT molecular complexity index is 664. The first-order chi connectivity index (χ1) is 10.6. The summed E-state index contributed by atoms with van der Waals surface area (Å²) in [5, 5.41) is 8.55. The van der Waals surface area contributed by atoms with Crippen LogP contribution in [0.25, 0.3) is 11.4 Å². The van der Waals surface area contributed by atoms with Gasteiger partial charge in [0, 0.05) is 24.7 Å². The molecule has 1 aromatic carbocycles. The smallest absolute Gasteiger partial charge is 0.227 e. The maximum atomic E-state index is 12.4. The summed E-state index contributed by atoms with van der Waals surface area (Å²) in [5.41, 5.74) is 6.88. The molecule has 116 valence electrons. The van der Waals surface area contributed by atoms with E-state index in [1.807, 2.05) is 49.1 Å². The third kappa shape index (κ3) is 2.62. The Morgan fingerprint density at radius 1 is 1.18 bits per heavy atom. The van der Waals surface area contributed by atoms with Crippen molar-refractivity contribution < 1.29 is 4.79 Å². The van der Waals surface area contributed by atoms with E-state index in [9.17, 15) is 4.79 Å². The van der Waals surface area contributed by atoms with Crippen molar-refractivity contribution in [2.45, 2.75) is 33.0 Å². The van der Waals surface area contributed by atoms with Gasteiger partial charge in [-0.2, -0.15) is 0 Å². The monoisotopic (exact) mass is 299 g/mol. The van der Waals surface area contributed by atoms with Crippen LogP contribution in [0, 0.1) is 5.92 Å². The molecule has 0 fully saturated rings. The fraction of sp³-hybridized carbons (Fsp3) is 0.438. The fourth-order valence-electron chi connectivity index (χ4n) is 2.66. The average molecular weight is 299 g/mol. The minimum absolute atomic E-state index is 0.0884. The lowest BCUT2D eigenvalue weighted by atomic mass is 10.0. The Morgan fingerprint density at radius 2 is 1.91 bits per heavy atom. The minimum Gasteiger partial charge on any atom is -0.333 e. The van der Waals surface area contributed by atoms with E-state index in [0.29, 0.717) is 19.6 Å². The highest BCUT2D eigenvalue weighted by molar-refractivity contribution is 5.79. The van der Waals surface area contributed by atoms with Gasteiger partial charge in [-0.3, -0.25) is 4.79 Å². The fourth-order valence-corrected chi connectivity index (χ4v) is 2.66. The molecule has 1 aromatic heterocycles. The number of hydrogen-bond acceptors (Lipinski definition) is 4. The van der Waals surface area contributed by atoms with Crippen LogP contribution in [-0.2, 0) is 17.9 Å². The normalized spacial score (nSPS) is 17.0. The molecule has 2 heterocycles. The summed E-state index contributed by atoms with van der Waals surface area (Å²) < 4.78 is 2.09. The van der Waals surface area contributed by atoms with E-state index in [4.69, 9.17) is 5.73 Å². The van der Waals surface area contributed by atoms with Gasteiger partial charge in [0.25, 0.3) is 0 Å². The number of aromatic nitrogens is 3. The molecule has 2 atom stereocenters. The molecule has 3 rings (SSSR count). The molecule has 6 heteroatoms. The number of carbonyl (C=O) groups is 1. The van der Waals surface area contributed by atoms with Gasteiger partial charge in [-0.05, 0) is 6.92 Å². The van der Waals surface area contributed by atoms with Crippen molar-refractivity contribution in [3.05, 3.63) is 36.2 Å². The van der Waals surface area contributed by atoms with Crippen LogP contribution in [0.4, 0.5) is 0 Å². The second-order valence-corrected chi connectivity index (χ2v) is 5.87. The van der Waals surface area contributed by atoms with E-state index < -0.39 is 0 Å². The number of hydrogen-bond donors (Lipinski definition) is 1. The highest BCUT2D eigenvalue weighted by Gasteiger charge is 2.28. The number of rotatable bonds is 3. The molecule has 0 bridgehead atoms. The van der Waals surface area contributed by atoms with Crippen LogP contribution in [0.1, 0.15) is 19.7 Å². The highest BCUT2D eigenvalue weighted by Crippen LogP contribution is 2.22. The maximum Gasteiger partial charge on any atom is 0.227 e. The number of carbonyl (C=O) groups excluding carboxylic acids is 1. The predicted octanol–water partition coefficient (Wildman–Crippen LogP) is 1.27. The lowest BCUT2D eigenvalue weighted by molar-refractivity contribution is -0.137. The molecule has 0 aliphatic carbocycles. The molecule has 2 unspecified atom stereocenters. The minimum atomic E-state index is -0.178. The number of nitrogens with two attached hydrogens (primary N) is 1. The Kier molecular flexibility index (Phi) is 3.94. The SMILES string of the molecule is CC(N)C(C)C(=O)N1CCn2c(nnc2-c2ccccc2)C1. The topological polar surface area (TPSA) is 77.0 Å². The van der Waals surface area contributed by atoms with Gasteiger partial charge in [0.1, 0.15) is 0 Å². The van der Waals surface area contributed by atoms with Crippen LogP contribution in [-0.4, -0.2) is 38.2 Å². The molecule has 0 saturated heterocycles. The van der Waals surface area contributed by atoms with Crippen molar-refractivity contribution in [2.24, 2.45) is 11.7 Å². The van der Waals surface area contributed by atoms with Crippen LogP contribution in [0.15, 0.2) is 30.3 Å². The summed E-state index contributed by atoms with van der Waals surface area (Å²) in [6, 6.07) is 9.85.